The highest BCUT2D eigenvalue weighted by Gasteiger charge is 2.22. The number of aromatic nitrogens is 3. The lowest BCUT2D eigenvalue weighted by Gasteiger charge is -2.26. The number of para-hydroxylation sites is 5. The molecule has 0 aliphatic carbocycles. The molecule has 12 aromatic rings. The maximum absolute atomic E-state index is 2.46. The van der Waals surface area contributed by atoms with Crippen molar-refractivity contribution in [3.8, 4) is 28.3 Å². The van der Waals surface area contributed by atoms with E-state index in [1.54, 1.807) is 0 Å². The highest BCUT2D eigenvalue weighted by molar-refractivity contribution is 6.19. The molecule has 0 fully saturated rings. The van der Waals surface area contributed by atoms with Crippen molar-refractivity contribution >= 4 is 71.6 Å². The van der Waals surface area contributed by atoms with Crippen LogP contribution in [0.4, 0.5) is 17.1 Å². The third-order valence-corrected chi connectivity index (χ3v) is 12.0. The first kappa shape index (κ1) is 34.0. The summed E-state index contributed by atoms with van der Waals surface area (Å²) in [6.45, 7) is 0. The predicted molar refractivity (Wildman–Crippen MR) is 252 cm³/mol. The second-order valence-electron chi connectivity index (χ2n) is 15.4. The zero-order valence-electron chi connectivity index (χ0n) is 32.7. The molecule has 0 N–H and O–H groups in total. The first-order valence-electron chi connectivity index (χ1n) is 20.5. The summed E-state index contributed by atoms with van der Waals surface area (Å²) in [6.07, 6.45) is 0. The Labute approximate surface area is 347 Å². The van der Waals surface area contributed by atoms with E-state index < -0.39 is 0 Å². The van der Waals surface area contributed by atoms with E-state index in [9.17, 15) is 0 Å². The molecule has 0 bridgehead atoms. The van der Waals surface area contributed by atoms with Crippen LogP contribution in [0.1, 0.15) is 0 Å². The van der Waals surface area contributed by atoms with Crippen molar-refractivity contribution in [2.75, 3.05) is 4.90 Å². The van der Waals surface area contributed by atoms with Gasteiger partial charge in [-0.25, -0.2) is 0 Å². The second-order valence-corrected chi connectivity index (χ2v) is 15.4. The van der Waals surface area contributed by atoms with Crippen LogP contribution in [0.25, 0.3) is 82.8 Å². The largest absolute Gasteiger partial charge is 0.310 e. The number of hydrogen-bond donors (Lipinski definition) is 0. The van der Waals surface area contributed by atoms with Gasteiger partial charge in [-0.1, -0.05) is 133 Å². The van der Waals surface area contributed by atoms with E-state index in [-0.39, 0.29) is 0 Å². The summed E-state index contributed by atoms with van der Waals surface area (Å²) in [6, 6.07) is 83.3. The first-order chi connectivity index (χ1) is 29.8. The van der Waals surface area contributed by atoms with Crippen LogP contribution in [0.2, 0.25) is 0 Å². The maximum Gasteiger partial charge on any atom is 0.0788 e. The molecule has 3 heterocycles. The fourth-order valence-corrected chi connectivity index (χ4v) is 9.40. The topological polar surface area (TPSA) is 18.0 Å². The second kappa shape index (κ2) is 13.8. The summed E-state index contributed by atoms with van der Waals surface area (Å²) < 4.78 is 7.27. The minimum Gasteiger partial charge on any atom is -0.310 e. The smallest absolute Gasteiger partial charge is 0.0788 e. The van der Waals surface area contributed by atoms with Gasteiger partial charge < -0.3 is 18.6 Å². The molecule has 4 heteroatoms. The molecule has 12 rings (SSSR count). The van der Waals surface area contributed by atoms with Gasteiger partial charge in [0.25, 0.3) is 0 Å². The number of benzene rings is 9. The lowest BCUT2D eigenvalue weighted by atomic mass is 10.1. The lowest BCUT2D eigenvalue weighted by Crippen LogP contribution is -2.10. The zero-order chi connectivity index (χ0) is 39.6. The molecule has 282 valence electrons. The van der Waals surface area contributed by atoms with Crippen LogP contribution in [-0.4, -0.2) is 13.7 Å². The van der Waals surface area contributed by atoms with E-state index in [2.05, 4.69) is 249 Å². The van der Waals surface area contributed by atoms with Crippen molar-refractivity contribution < 1.29 is 0 Å². The Hall–Kier alpha value is -8.08. The van der Waals surface area contributed by atoms with Crippen LogP contribution < -0.4 is 4.90 Å². The predicted octanol–water partition coefficient (Wildman–Crippen LogP) is 15.0. The van der Waals surface area contributed by atoms with Gasteiger partial charge in [-0.05, 0) is 103 Å². The Morgan fingerprint density at radius 1 is 0.283 bits per heavy atom. The van der Waals surface area contributed by atoms with Gasteiger partial charge in [-0.3, -0.25) is 0 Å². The quantitative estimate of drug-likeness (QED) is 0.158. The molecule has 0 spiro atoms. The van der Waals surface area contributed by atoms with Crippen LogP contribution in [0.15, 0.2) is 231 Å². The van der Waals surface area contributed by atoms with Gasteiger partial charge in [0.05, 0.1) is 33.3 Å². The average molecular weight is 767 g/mol. The van der Waals surface area contributed by atoms with Gasteiger partial charge in [0.2, 0.25) is 0 Å². The molecule has 4 nitrogen and oxygen atoms in total. The van der Waals surface area contributed by atoms with Gasteiger partial charge in [-0.2, -0.15) is 0 Å². The molecule has 0 atom stereocenters. The highest BCUT2D eigenvalue weighted by Crippen LogP contribution is 2.43. The Balaban J connectivity index is 1.06. The van der Waals surface area contributed by atoms with E-state index in [0.717, 1.165) is 34.1 Å². The normalized spacial score (nSPS) is 11.7. The number of nitrogens with zero attached hydrogens (tertiary/aromatic N) is 4. The summed E-state index contributed by atoms with van der Waals surface area (Å²) in [4.78, 5) is 2.37. The van der Waals surface area contributed by atoms with Crippen LogP contribution in [0, 0.1) is 0 Å². The van der Waals surface area contributed by atoms with E-state index >= 15 is 0 Å². The zero-order valence-corrected chi connectivity index (χ0v) is 32.7. The van der Waals surface area contributed by atoms with Gasteiger partial charge >= 0.3 is 0 Å². The number of rotatable bonds is 7. The first-order valence-corrected chi connectivity index (χ1v) is 20.5. The van der Waals surface area contributed by atoms with Crippen molar-refractivity contribution in [2.45, 2.75) is 0 Å². The number of fused-ring (bicyclic) bond motifs is 8. The Morgan fingerprint density at radius 3 is 1.47 bits per heavy atom. The van der Waals surface area contributed by atoms with Crippen molar-refractivity contribution in [1.29, 1.82) is 0 Å². The van der Waals surface area contributed by atoms with Crippen molar-refractivity contribution in [2.24, 2.45) is 0 Å². The van der Waals surface area contributed by atoms with Gasteiger partial charge in [0.1, 0.15) is 0 Å². The number of anilines is 3. The lowest BCUT2D eigenvalue weighted by molar-refractivity contribution is 1.12. The Bertz CT molecular complexity index is 3510. The van der Waals surface area contributed by atoms with Gasteiger partial charge in [-0.15, -0.1) is 0 Å². The molecule has 0 saturated carbocycles. The minimum absolute atomic E-state index is 1.08. The summed E-state index contributed by atoms with van der Waals surface area (Å²) in [7, 11) is 0. The molecule has 60 heavy (non-hydrogen) atoms. The Morgan fingerprint density at radius 2 is 0.783 bits per heavy atom. The minimum atomic E-state index is 1.08. The van der Waals surface area contributed by atoms with Crippen molar-refractivity contribution in [3.05, 3.63) is 231 Å². The third-order valence-electron chi connectivity index (χ3n) is 12.0. The van der Waals surface area contributed by atoms with E-state index in [0.29, 0.717) is 0 Å². The SMILES string of the molecule is c1ccc(-c2cc3ccc4c5ccccc5n(-c5ccc(N(c6ccccc6)c6ccc7c(c6)c6ccccc6n7-c6ccccc6)cc5)c4c3n2-c2ccccc2)cc1. The fourth-order valence-electron chi connectivity index (χ4n) is 9.40. The van der Waals surface area contributed by atoms with Crippen molar-refractivity contribution in [3.63, 3.8) is 0 Å². The molecule has 0 amide bonds. The van der Waals surface area contributed by atoms with Crippen LogP contribution in [-0.2, 0) is 0 Å². The third kappa shape index (κ3) is 5.32. The van der Waals surface area contributed by atoms with Crippen LogP contribution in [0.5, 0.6) is 0 Å². The fraction of sp³-hybridized carbons (Fsp3) is 0. The molecule has 0 saturated heterocycles. The molecule has 9 aromatic carbocycles. The number of hydrogen-bond acceptors (Lipinski definition) is 1. The van der Waals surface area contributed by atoms with E-state index in [1.807, 2.05) is 0 Å². The molecular weight excluding hydrogens is 729 g/mol. The standard InChI is InChI=1S/C56H38N4/c1-5-17-39(18-6-1)54-37-40-29-35-49-47-25-13-16-28-52(47)59(56(49)55(40)60(54)43-23-11-4-12-24-43)45-32-30-44(31-33-45)57(41-19-7-2-8-20-41)46-34-36-53-50(38-46)48-26-14-15-27-51(48)58(53)42-21-9-3-10-22-42/h1-38H. The van der Waals surface area contributed by atoms with Crippen molar-refractivity contribution in [1.82, 2.24) is 13.7 Å². The summed E-state index contributed by atoms with van der Waals surface area (Å²) in [5.41, 5.74) is 15.0. The molecule has 0 aliphatic rings. The molecule has 0 radical (unpaired) electrons. The molecule has 3 aromatic heterocycles. The van der Waals surface area contributed by atoms with Crippen LogP contribution >= 0.6 is 0 Å². The van der Waals surface area contributed by atoms with Gasteiger partial charge in [0.15, 0.2) is 0 Å². The van der Waals surface area contributed by atoms with E-state index in [4.69, 9.17) is 0 Å². The molecule has 0 aliphatic heterocycles. The van der Waals surface area contributed by atoms with E-state index in [1.165, 1.54) is 65.8 Å². The maximum atomic E-state index is 2.46. The monoisotopic (exact) mass is 766 g/mol. The molecular formula is C56H38N4. The van der Waals surface area contributed by atoms with Crippen LogP contribution in [0.3, 0.4) is 0 Å². The average Bonchev–Trinajstić information content (AvgIpc) is 3.99. The summed E-state index contributed by atoms with van der Waals surface area (Å²) >= 11 is 0. The molecule has 0 unspecified atom stereocenters. The Kier molecular flexibility index (Phi) is 7.82. The summed E-state index contributed by atoms with van der Waals surface area (Å²) in [5, 5.41) is 6.11. The van der Waals surface area contributed by atoms with Gasteiger partial charge in [0, 0.05) is 61.1 Å². The highest BCUT2D eigenvalue weighted by atomic mass is 15.1. The summed E-state index contributed by atoms with van der Waals surface area (Å²) in [5.74, 6) is 0.